The fourth-order valence-corrected chi connectivity index (χ4v) is 4.91. The molecule has 36 heavy (non-hydrogen) atoms. The van der Waals surface area contributed by atoms with Crippen molar-refractivity contribution in [3.63, 3.8) is 0 Å². The average molecular weight is 556 g/mol. The quantitative estimate of drug-likeness (QED) is 0.374. The largest absolute Gasteiger partial charge is 0.383 e. The first-order valence-electron chi connectivity index (χ1n) is 11.8. The van der Waals surface area contributed by atoms with Gasteiger partial charge in [-0.25, -0.2) is 9.37 Å². The molecule has 0 aliphatic carbocycles. The van der Waals surface area contributed by atoms with Crippen molar-refractivity contribution in [3.8, 4) is 11.1 Å². The Morgan fingerprint density at radius 2 is 2.08 bits per heavy atom. The van der Waals surface area contributed by atoms with E-state index in [4.69, 9.17) is 15.5 Å². The second-order valence-electron chi connectivity index (χ2n) is 8.97. The van der Waals surface area contributed by atoms with Gasteiger partial charge in [0.2, 0.25) is 0 Å². The van der Waals surface area contributed by atoms with Gasteiger partial charge in [-0.05, 0) is 60.0 Å². The minimum Gasteiger partial charge on any atom is -0.383 e. The summed E-state index contributed by atoms with van der Waals surface area (Å²) in [7, 11) is 1.55. The lowest BCUT2D eigenvalue weighted by molar-refractivity contribution is -0.142. The highest BCUT2D eigenvalue weighted by atomic mass is 79.9. The van der Waals surface area contributed by atoms with Crippen LogP contribution in [0.5, 0.6) is 0 Å². The van der Waals surface area contributed by atoms with Crippen LogP contribution in [0.1, 0.15) is 25.5 Å². The molecule has 1 aromatic carbocycles. The van der Waals surface area contributed by atoms with Crippen molar-refractivity contribution >= 4 is 44.2 Å². The van der Waals surface area contributed by atoms with Gasteiger partial charge in [0.25, 0.3) is 5.91 Å². The van der Waals surface area contributed by atoms with Gasteiger partial charge in [-0.3, -0.25) is 9.78 Å². The van der Waals surface area contributed by atoms with E-state index in [1.54, 1.807) is 37.0 Å². The van der Waals surface area contributed by atoms with Crippen molar-refractivity contribution in [2.75, 3.05) is 25.9 Å². The molecule has 1 fully saturated rings. The van der Waals surface area contributed by atoms with Crippen molar-refractivity contribution in [2.45, 2.75) is 38.5 Å². The number of ether oxygens (including phenoxy) is 1. The molecule has 3 N–H and O–H groups in total. The van der Waals surface area contributed by atoms with Crippen LogP contribution >= 0.6 is 15.9 Å². The van der Waals surface area contributed by atoms with Gasteiger partial charge >= 0.3 is 0 Å². The molecule has 1 unspecified atom stereocenters. The fourth-order valence-electron chi connectivity index (χ4n) is 4.52. The van der Waals surface area contributed by atoms with Crippen LogP contribution in [-0.4, -0.2) is 62.7 Å². The average Bonchev–Trinajstić information content (AvgIpc) is 3.32. The summed E-state index contributed by atoms with van der Waals surface area (Å²) in [6.45, 7) is 3.64. The summed E-state index contributed by atoms with van der Waals surface area (Å²) >= 11 is 3.58. The topological polar surface area (TPSA) is 111 Å². The number of hydrogen-bond acceptors (Lipinski definition) is 7. The van der Waals surface area contributed by atoms with Gasteiger partial charge in [0.15, 0.2) is 5.65 Å². The van der Waals surface area contributed by atoms with Gasteiger partial charge in [-0.1, -0.05) is 0 Å². The SMILES string of the molecule is COC(C)C(=O)N1CCC(NCc2nc3c(-c4cnc5ccc(F)cc5c4)cnn3c(N)c2Br)CC1. The molecule has 1 amide bonds. The number of likely N-dealkylation sites (tertiary alicyclic amines) is 1. The number of halogens is 2. The van der Waals surface area contributed by atoms with E-state index in [-0.39, 0.29) is 17.8 Å². The van der Waals surface area contributed by atoms with Crippen LogP contribution in [-0.2, 0) is 16.1 Å². The third kappa shape index (κ3) is 4.65. The number of carbonyl (C=O) groups is 1. The summed E-state index contributed by atoms with van der Waals surface area (Å²) in [6.07, 6.45) is 4.68. The maximum atomic E-state index is 13.8. The third-order valence-corrected chi connectivity index (χ3v) is 7.58. The minimum absolute atomic E-state index is 0.0257. The highest BCUT2D eigenvalue weighted by Gasteiger charge is 2.26. The van der Waals surface area contributed by atoms with Gasteiger partial charge in [-0.15, -0.1) is 0 Å². The van der Waals surface area contributed by atoms with Gasteiger partial charge in [0.05, 0.1) is 21.9 Å². The highest BCUT2D eigenvalue weighted by Crippen LogP contribution is 2.31. The zero-order chi connectivity index (χ0) is 25.4. The summed E-state index contributed by atoms with van der Waals surface area (Å²) in [6, 6.07) is 6.63. The van der Waals surface area contributed by atoms with Gasteiger partial charge in [0, 0.05) is 55.5 Å². The van der Waals surface area contributed by atoms with Gasteiger partial charge in [0.1, 0.15) is 17.7 Å². The van der Waals surface area contributed by atoms with E-state index in [0.29, 0.717) is 46.5 Å². The molecule has 1 aliphatic heterocycles. The number of piperidine rings is 1. The molecule has 1 saturated heterocycles. The number of aromatic nitrogens is 4. The Hall–Kier alpha value is -3.15. The summed E-state index contributed by atoms with van der Waals surface area (Å²) in [5.74, 6) is 0.152. The normalized spacial score (nSPS) is 15.6. The number of nitrogen functional groups attached to an aromatic ring is 1. The molecule has 9 nitrogen and oxygen atoms in total. The molecule has 5 rings (SSSR count). The molecule has 1 atom stereocenters. The number of methoxy groups -OCH3 is 1. The first-order valence-corrected chi connectivity index (χ1v) is 12.6. The van der Waals surface area contributed by atoms with E-state index in [1.807, 2.05) is 11.0 Å². The van der Waals surface area contributed by atoms with Crippen LogP contribution in [0.2, 0.25) is 0 Å². The van der Waals surface area contributed by atoms with E-state index in [2.05, 4.69) is 31.3 Å². The van der Waals surface area contributed by atoms with Crippen molar-refractivity contribution < 1.29 is 13.9 Å². The molecular weight excluding hydrogens is 529 g/mol. The zero-order valence-corrected chi connectivity index (χ0v) is 21.6. The van der Waals surface area contributed by atoms with Crippen molar-refractivity contribution in [2.24, 2.45) is 0 Å². The Bertz CT molecular complexity index is 1440. The number of fused-ring (bicyclic) bond motifs is 2. The summed E-state index contributed by atoms with van der Waals surface area (Å²) < 4.78 is 21.2. The molecular formula is C25H27BrFN7O2. The number of nitrogens with two attached hydrogens (primary N) is 1. The van der Waals surface area contributed by atoms with Crippen LogP contribution in [0.15, 0.2) is 41.1 Å². The molecule has 11 heteroatoms. The fraction of sp³-hybridized carbons (Fsp3) is 0.360. The summed E-state index contributed by atoms with van der Waals surface area (Å²) in [4.78, 5) is 23.5. The van der Waals surface area contributed by atoms with Crippen molar-refractivity contribution in [3.05, 3.63) is 52.6 Å². The zero-order valence-electron chi connectivity index (χ0n) is 20.0. The lowest BCUT2D eigenvalue weighted by Gasteiger charge is -2.33. The maximum absolute atomic E-state index is 13.8. The Morgan fingerprint density at radius 3 is 2.83 bits per heavy atom. The number of nitrogens with zero attached hydrogens (tertiary/aromatic N) is 5. The van der Waals surface area contributed by atoms with E-state index in [0.717, 1.165) is 29.7 Å². The molecule has 1 aliphatic rings. The summed E-state index contributed by atoms with van der Waals surface area (Å²) in [5.41, 5.74) is 9.98. The van der Waals surface area contributed by atoms with Crippen LogP contribution in [0, 0.1) is 5.82 Å². The van der Waals surface area contributed by atoms with Crippen LogP contribution in [0.25, 0.3) is 27.7 Å². The van der Waals surface area contributed by atoms with Crippen LogP contribution in [0.4, 0.5) is 10.2 Å². The van der Waals surface area contributed by atoms with E-state index in [1.165, 1.54) is 12.1 Å². The highest BCUT2D eigenvalue weighted by molar-refractivity contribution is 9.10. The molecule has 0 saturated carbocycles. The Labute approximate surface area is 216 Å². The third-order valence-electron chi connectivity index (χ3n) is 6.71. The number of amides is 1. The number of anilines is 1. The second-order valence-corrected chi connectivity index (χ2v) is 9.76. The second kappa shape index (κ2) is 10.1. The number of pyridine rings is 1. The van der Waals surface area contributed by atoms with Crippen molar-refractivity contribution in [1.29, 1.82) is 0 Å². The van der Waals surface area contributed by atoms with E-state index in [9.17, 15) is 9.18 Å². The molecule has 0 radical (unpaired) electrons. The number of hydrogen-bond donors (Lipinski definition) is 2. The first kappa shape index (κ1) is 24.5. The van der Waals surface area contributed by atoms with Crippen LogP contribution < -0.4 is 11.1 Å². The van der Waals surface area contributed by atoms with E-state index < -0.39 is 6.10 Å². The van der Waals surface area contributed by atoms with Crippen molar-refractivity contribution in [1.82, 2.24) is 29.8 Å². The maximum Gasteiger partial charge on any atom is 0.251 e. The summed E-state index contributed by atoms with van der Waals surface area (Å²) in [5, 5.41) is 8.67. The number of benzene rings is 1. The monoisotopic (exact) mass is 555 g/mol. The first-order chi connectivity index (χ1) is 17.4. The Kier molecular flexibility index (Phi) is 6.87. The minimum atomic E-state index is -0.425. The predicted molar refractivity (Wildman–Crippen MR) is 139 cm³/mol. The van der Waals surface area contributed by atoms with E-state index >= 15 is 0 Å². The Balaban J connectivity index is 1.36. The number of nitrogens with one attached hydrogen (secondary N) is 1. The van der Waals surface area contributed by atoms with Gasteiger partial charge < -0.3 is 20.7 Å². The molecule has 0 bridgehead atoms. The smallest absolute Gasteiger partial charge is 0.251 e. The standard InChI is InChI=1S/C25H27BrFN7O2/c1-14(36-2)25(35)33-7-5-18(6-8-33)29-13-21-22(26)23(28)34-24(32-21)19(12-31-34)16-9-15-10-17(27)3-4-20(15)30-11-16/h3-4,9-12,14,18,29H,5-8,13,28H2,1-2H3. The number of rotatable bonds is 6. The number of carbonyl (C=O) groups excluding carboxylic acids is 1. The molecule has 4 aromatic rings. The molecule has 4 heterocycles. The Morgan fingerprint density at radius 1 is 1.31 bits per heavy atom. The predicted octanol–water partition coefficient (Wildman–Crippen LogP) is 3.54. The lowest BCUT2D eigenvalue weighted by atomic mass is 10.0. The molecule has 188 valence electrons. The molecule has 0 spiro atoms. The van der Waals surface area contributed by atoms with Gasteiger partial charge in [-0.2, -0.15) is 9.61 Å². The molecule has 3 aromatic heterocycles. The van der Waals surface area contributed by atoms with Crippen LogP contribution in [0.3, 0.4) is 0 Å². The lowest BCUT2D eigenvalue weighted by Crippen LogP contribution is -2.47.